The Morgan fingerprint density at radius 2 is 1.85 bits per heavy atom. The van der Waals surface area contributed by atoms with Gasteiger partial charge in [-0.25, -0.2) is 0 Å². The van der Waals surface area contributed by atoms with Crippen LogP contribution in [0.2, 0.25) is 0 Å². The number of hydrogen-bond acceptors (Lipinski definition) is 5. The second-order valence-corrected chi connectivity index (χ2v) is 7.39. The van der Waals surface area contributed by atoms with Crippen LogP contribution in [-0.4, -0.2) is 78.1 Å². The molecule has 142 valence electrons. The van der Waals surface area contributed by atoms with Crippen LogP contribution in [0.5, 0.6) is 0 Å². The number of carbonyl (C=O) groups is 1. The minimum Gasteiger partial charge on any atom is -0.480 e. The van der Waals surface area contributed by atoms with Crippen molar-refractivity contribution in [3.8, 4) is 0 Å². The van der Waals surface area contributed by atoms with Gasteiger partial charge in [-0.15, -0.1) is 0 Å². The van der Waals surface area contributed by atoms with Gasteiger partial charge >= 0.3 is 5.97 Å². The van der Waals surface area contributed by atoms with Crippen LogP contribution in [0.1, 0.15) is 25.3 Å². The summed E-state index contributed by atoms with van der Waals surface area (Å²) >= 11 is 0. The summed E-state index contributed by atoms with van der Waals surface area (Å²) in [6, 6.07) is 8.93. The number of nitrogen functional groups attached to an aromatic ring is 1. The molecule has 4 N–H and O–H groups in total. The molecule has 0 bridgehead atoms. The van der Waals surface area contributed by atoms with E-state index in [1.807, 2.05) is 29.2 Å². The van der Waals surface area contributed by atoms with Crippen LogP contribution in [0.4, 0.5) is 5.69 Å². The van der Waals surface area contributed by atoms with E-state index in [-0.39, 0.29) is 12.4 Å². The molecule has 1 aromatic carbocycles. The zero-order valence-corrected chi connectivity index (χ0v) is 15.4. The van der Waals surface area contributed by atoms with Gasteiger partial charge in [0.25, 0.3) is 0 Å². The Morgan fingerprint density at radius 1 is 1.19 bits per heavy atom. The van der Waals surface area contributed by atoms with Crippen molar-refractivity contribution >= 4 is 17.5 Å². The second kappa shape index (κ2) is 8.05. The lowest BCUT2D eigenvalue weighted by Gasteiger charge is -2.47. The predicted molar refractivity (Wildman–Crippen MR) is 103 cm³/mol. The molecule has 3 rings (SSSR count). The lowest BCUT2D eigenvalue weighted by Crippen LogP contribution is -2.57. The van der Waals surface area contributed by atoms with Crippen LogP contribution in [0, 0.1) is 5.41 Å². The zero-order chi connectivity index (χ0) is 18.7. The van der Waals surface area contributed by atoms with Crippen molar-refractivity contribution in [2.24, 2.45) is 5.73 Å². The molecule has 1 atom stereocenters. The SMILES string of the molecule is CC1CN(c2ccc(C(=N)N)cc2)CCN1C1CCN(CC(=O)O)CC1. The summed E-state index contributed by atoms with van der Waals surface area (Å²) in [5.41, 5.74) is 7.46. The standard InChI is InChI=1S/C19H29N5O2/c1-14-12-23(16-4-2-15(3-5-16)19(20)21)10-11-24(14)17-6-8-22(9-7-17)13-18(25)26/h2-5,14,17H,6-13H2,1H3,(H3,20,21)(H,25,26). The van der Waals surface area contributed by atoms with E-state index in [4.69, 9.17) is 16.2 Å². The summed E-state index contributed by atoms with van der Waals surface area (Å²) in [7, 11) is 0. The fraction of sp³-hybridized carbons (Fsp3) is 0.579. The Labute approximate surface area is 154 Å². The second-order valence-electron chi connectivity index (χ2n) is 7.39. The van der Waals surface area contributed by atoms with Crippen LogP contribution >= 0.6 is 0 Å². The fourth-order valence-electron chi connectivity index (χ4n) is 4.20. The summed E-state index contributed by atoms with van der Waals surface area (Å²) < 4.78 is 0. The molecule has 0 aromatic heterocycles. The van der Waals surface area contributed by atoms with Crippen LogP contribution in [-0.2, 0) is 4.79 Å². The van der Waals surface area contributed by atoms with Crippen LogP contribution in [0.25, 0.3) is 0 Å². The average Bonchev–Trinajstić information content (AvgIpc) is 2.62. The van der Waals surface area contributed by atoms with E-state index < -0.39 is 5.97 Å². The molecule has 1 aromatic rings. The molecule has 2 aliphatic heterocycles. The molecule has 0 amide bonds. The van der Waals surface area contributed by atoms with E-state index in [0.717, 1.165) is 51.1 Å². The van der Waals surface area contributed by atoms with Crippen molar-refractivity contribution < 1.29 is 9.90 Å². The number of benzene rings is 1. The molecule has 0 aliphatic carbocycles. The van der Waals surface area contributed by atoms with Crippen molar-refractivity contribution in [3.63, 3.8) is 0 Å². The lowest BCUT2D eigenvalue weighted by atomic mass is 9.99. The van der Waals surface area contributed by atoms with Crippen LogP contribution < -0.4 is 10.6 Å². The first-order valence-electron chi connectivity index (χ1n) is 9.33. The van der Waals surface area contributed by atoms with Crippen LogP contribution in [0.3, 0.4) is 0 Å². The van der Waals surface area contributed by atoms with Crippen molar-refractivity contribution in [3.05, 3.63) is 29.8 Å². The van der Waals surface area contributed by atoms with Gasteiger partial charge in [0.15, 0.2) is 0 Å². The van der Waals surface area contributed by atoms with Gasteiger partial charge in [0, 0.05) is 56.1 Å². The van der Waals surface area contributed by atoms with E-state index >= 15 is 0 Å². The molecule has 2 saturated heterocycles. The Kier molecular flexibility index (Phi) is 5.78. The molecule has 0 spiro atoms. The van der Waals surface area contributed by atoms with E-state index in [0.29, 0.717) is 12.1 Å². The van der Waals surface area contributed by atoms with E-state index in [1.54, 1.807) is 0 Å². The van der Waals surface area contributed by atoms with Gasteiger partial charge in [0.2, 0.25) is 0 Å². The van der Waals surface area contributed by atoms with Crippen molar-refractivity contribution in [2.45, 2.75) is 31.8 Å². The maximum Gasteiger partial charge on any atom is 0.317 e. The van der Waals surface area contributed by atoms with Crippen molar-refractivity contribution in [1.82, 2.24) is 9.80 Å². The molecule has 7 nitrogen and oxygen atoms in total. The number of nitrogens with two attached hydrogens (primary N) is 1. The van der Waals surface area contributed by atoms with Crippen molar-refractivity contribution in [2.75, 3.05) is 44.2 Å². The monoisotopic (exact) mass is 359 g/mol. The van der Waals surface area contributed by atoms with E-state index in [9.17, 15) is 4.79 Å². The number of rotatable bonds is 5. The topological polar surface area (TPSA) is 96.9 Å². The fourth-order valence-corrected chi connectivity index (χ4v) is 4.20. The zero-order valence-electron chi connectivity index (χ0n) is 15.4. The first-order chi connectivity index (χ1) is 12.4. The summed E-state index contributed by atoms with van der Waals surface area (Å²) in [5, 5.41) is 16.4. The highest BCUT2D eigenvalue weighted by atomic mass is 16.4. The molecule has 2 aliphatic rings. The average molecular weight is 359 g/mol. The summed E-state index contributed by atoms with van der Waals surface area (Å²) in [6.45, 7) is 7.17. The Bertz CT molecular complexity index is 640. The Balaban J connectivity index is 1.54. The number of piperidine rings is 1. The highest BCUT2D eigenvalue weighted by Crippen LogP contribution is 2.25. The van der Waals surface area contributed by atoms with Gasteiger partial charge in [0.05, 0.1) is 6.54 Å². The molecule has 2 fully saturated rings. The maximum atomic E-state index is 10.9. The van der Waals surface area contributed by atoms with Gasteiger partial charge in [0.1, 0.15) is 5.84 Å². The van der Waals surface area contributed by atoms with Gasteiger partial charge in [-0.3, -0.25) is 20.0 Å². The third-order valence-corrected chi connectivity index (χ3v) is 5.61. The smallest absolute Gasteiger partial charge is 0.317 e. The molecule has 1 unspecified atom stereocenters. The highest BCUT2D eigenvalue weighted by molar-refractivity contribution is 5.95. The number of piperazine rings is 1. The molecular formula is C19H29N5O2. The number of nitrogens with one attached hydrogen (secondary N) is 1. The molecule has 7 heteroatoms. The van der Waals surface area contributed by atoms with Gasteiger partial charge in [-0.05, 0) is 44.0 Å². The summed E-state index contributed by atoms with van der Waals surface area (Å²) in [6.07, 6.45) is 2.09. The normalized spacial score (nSPS) is 23.1. The van der Waals surface area contributed by atoms with E-state index in [1.165, 1.54) is 5.69 Å². The number of nitrogens with zero attached hydrogens (tertiary/aromatic N) is 3. The third-order valence-electron chi connectivity index (χ3n) is 5.61. The maximum absolute atomic E-state index is 10.9. The quantitative estimate of drug-likeness (QED) is 0.537. The van der Waals surface area contributed by atoms with E-state index in [2.05, 4.69) is 16.7 Å². The lowest BCUT2D eigenvalue weighted by molar-refractivity contribution is -0.138. The largest absolute Gasteiger partial charge is 0.480 e. The van der Waals surface area contributed by atoms with Gasteiger partial charge in [-0.1, -0.05) is 0 Å². The Hall–Kier alpha value is -2.12. The number of anilines is 1. The number of aliphatic carboxylic acids is 1. The Morgan fingerprint density at radius 3 is 2.38 bits per heavy atom. The predicted octanol–water partition coefficient (Wildman–Crippen LogP) is 1.03. The summed E-state index contributed by atoms with van der Waals surface area (Å²) in [5.74, 6) is -0.634. The molecule has 0 radical (unpaired) electrons. The highest BCUT2D eigenvalue weighted by Gasteiger charge is 2.32. The molecule has 26 heavy (non-hydrogen) atoms. The van der Waals surface area contributed by atoms with Crippen molar-refractivity contribution in [1.29, 1.82) is 5.41 Å². The number of carboxylic acid groups (broad SMARTS) is 1. The first kappa shape index (κ1) is 18.7. The molecular weight excluding hydrogens is 330 g/mol. The van der Waals surface area contributed by atoms with Gasteiger partial charge in [-0.2, -0.15) is 0 Å². The number of likely N-dealkylation sites (tertiary alicyclic amines) is 1. The first-order valence-corrected chi connectivity index (χ1v) is 9.33. The minimum absolute atomic E-state index is 0.101. The molecule has 0 saturated carbocycles. The number of hydrogen-bond donors (Lipinski definition) is 3. The summed E-state index contributed by atoms with van der Waals surface area (Å²) in [4.78, 5) is 17.9. The number of amidine groups is 1. The minimum atomic E-state index is -0.735. The third kappa shape index (κ3) is 4.34. The van der Waals surface area contributed by atoms with Gasteiger partial charge < -0.3 is 15.7 Å². The molecule has 2 heterocycles. The number of carboxylic acids is 1. The van der Waals surface area contributed by atoms with Crippen LogP contribution in [0.15, 0.2) is 24.3 Å².